The third-order valence-electron chi connectivity index (χ3n) is 3.90. The van der Waals surface area contributed by atoms with Crippen LogP contribution < -0.4 is 0 Å². The lowest BCUT2D eigenvalue weighted by Gasteiger charge is -2.12. The first kappa shape index (κ1) is 16.7. The molecular formula is C18H28O2. The normalized spacial score (nSPS) is 12.3. The van der Waals surface area contributed by atoms with E-state index in [4.69, 9.17) is 5.11 Å². The molecule has 0 aliphatic heterocycles. The van der Waals surface area contributed by atoms with Gasteiger partial charge in [-0.1, -0.05) is 70.2 Å². The van der Waals surface area contributed by atoms with E-state index in [2.05, 4.69) is 19.9 Å². The molecule has 1 rings (SSSR count). The monoisotopic (exact) mass is 276 g/mol. The highest BCUT2D eigenvalue weighted by Gasteiger charge is 2.07. The second kappa shape index (κ2) is 9.57. The molecule has 0 aromatic heterocycles. The summed E-state index contributed by atoms with van der Waals surface area (Å²) in [5.74, 6) is 0.0403. The molecule has 0 aliphatic carbocycles. The van der Waals surface area contributed by atoms with Crippen LogP contribution in [0.25, 0.3) is 0 Å². The molecule has 0 fully saturated rings. The Labute approximate surface area is 123 Å². The van der Waals surface area contributed by atoms with E-state index in [1.54, 1.807) is 0 Å². The average Bonchev–Trinajstić information content (AvgIpc) is 2.40. The highest BCUT2D eigenvalue weighted by atomic mass is 16.4. The van der Waals surface area contributed by atoms with Gasteiger partial charge in [0.25, 0.3) is 0 Å². The van der Waals surface area contributed by atoms with E-state index in [1.165, 1.54) is 37.7 Å². The maximum Gasteiger partial charge on any atom is 0.307 e. The lowest BCUT2D eigenvalue weighted by molar-refractivity contribution is -0.136. The Hall–Kier alpha value is -1.31. The number of rotatable bonds is 10. The highest BCUT2D eigenvalue weighted by molar-refractivity contribution is 5.70. The standard InChI is InChI=1S/C18H28O2/c1-3-4-5-9-15(2)10-8-13-16-11-6-7-12-17(16)14-18(19)20/h6-7,11-12,15H,3-5,8-10,13-14H2,1-2H3,(H,19,20). The summed E-state index contributed by atoms with van der Waals surface area (Å²) in [5.41, 5.74) is 2.18. The fourth-order valence-corrected chi connectivity index (χ4v) is 2.66. The topological polar surface area (TPSA) is 37.3 Å². The van der Waals surface area contributed by atoms with Crippen molar-refractivity contribution in [3.05, 3.63) is 35.4 Å². The minimum atomic E-state index is -0.745. The van der Waals surface area contributed by atoms with Crippen LogP contribution in [0, 0.1) is 5.92 Å². The number of aryl methyl sites for hydroxylation is 1. The van der Waals surface area contributed by atoms with E-state index in [0.29, 0.717) is 0 Å². The average molecular weight is 276 g/mol. The molecule has 0 heterocycles. The van der Waals surface area contributed by atoms with Crippen molar-refractivity contribution in [1.29, 1.82) is 0 Å². The third kappa shape index (κ3) is 6.74. The minimum Gasteiger partial charge on any atom is -0.481 e. The van der Waals surface area contributed by atoms with Gasteiger partial charge in [-0.3, -0.25) is 4.79 Å². The van der Waals surface area contributed by atoms with Gasteiger partial charge in [0.2, 0.25) is 0 Å². The first-order valence-electron chi connectivity index (χ1n) is 7.92. The number of hydrogen-bond donors (Lipinski definition) is 1. The quantitative estimate of drug-likeness (QED) is 0.620. The zero-order valence-corrected chi connectivity index (χ0v) is 12.9. The molecule has 1 N–H and O–H groups in total. The van der Waals surface area contributed by atoms with Crippen molar-refractivity contribution in [2.45, 2.75) is 65.2 Å². The lowest BCUT2D eigenvalue weighted by atomic mass is 9.94. The summed E-state index contributed by atoms with van der Waals surface area (Å²) in [5, 5.41) is 8.93. The molecule has 0 aliphatic rings. The molecular weight excluding hydrogens is 248 g/mol. The van der Waals surface area contributed by atoms with Gasteiger partial charge in [0.1, 0.15) is 0 Å². The van der Waals surface area contributed by atoms with E-state index in [0.717, 1.165) is 24.3 Å². The summed E-state index contributed by atoms with van der Waals surface area (Å²) in [6.07, 6.45) is 8.83. The van der Waals surface area contributed by atoms with Crippen molar-refractivity contribution in [3.63, 3.8) is 0 Å². The number of aliphatic carboxylic acids is 1. The van der Waals surface area contributed by atoms with Gasteiger partial charge in [-0.25, -0.2) is 0 Å². The molecule has 1 aromatic carbocycles. The molecule has 0 spiro atoms. The van der Waals surface area contributed by atoms with Gasteiger partial charge < -0.3 is 5.11 Å². The fourth-order valence-electron chi connectivity index (χ4n) is 2.66. The van der Waals surface area contributed by atoms with E-state index < -0.39 is 5.97 Å². The van der Waals surface area contributed by atoms with Crippen LogP contribution in [0.15, 0.2) is 24.3 Å². The van der Waals surface area contributed by atoms with Crippen LogP contribution in [0.3, 0.4) is 0 Å². The van der Waals surface area contributed by atoms with Crippen LogP contribution >= 0.6 is 0 Å². The van der Waals surface area contributed by atoms with Gasteiger partial charge in [-0.2, -0.15) is 0 Å². The Kier molecular flexibility index (Phi) is 8.01. The van der Waals surface area contributed by atoms with Crippen molar-refractivity contribution < 1.29 is 9.90 Å². The smallest absolute Gasteiger partial charge is 0.307 e. The van der Waals surface area contributed by atoms with Crippen molar-refractivity contribution in [2.75, 3.05) is 0 Å². The summed E-state index contributed by atoms with van der Waals surface area (Å²) in [4.78, 5) is 10.8. The molecule has 0 saturated carbocycles. The molecule has 1 aromatic rings. The van der Waals surface area contributed by atoms with Gasteiger partial charge >= 0.3 is 5.97 Å². The maximum atomic E-state index is 10.8. The summed E-state index contributed by atoms with van der Waals surface area (Å²) in [6, 6.07) is 7.94. The molecule has 0 radical (unpaired) electrons. The van der Waals surface area contributed by atoms with Crippen molar-refractivity contribution in [3.8, 4) is 0 Å². The second-order valence-corrected chi connectivity index (χ2v) is 5.83. The largest absolute Gasteiger partial charge is 0.481 e. The predicted octanol–water partition coefficient (Wildman–Crippen LogP) is 4.85. The van der Waals surface area contributed by atoms with Crippen LogP contribution in [0.4, 0.5) is 0 Å². The van der Waals surface area contributed by atoms with Crippen LogP contribution in [-0.2, 0) is 17.6 Å². The zero-order valence-electron chi connectivity index (χ0n) is 12.9. The predicted molar refractivity (Wildman–Crippen MR) is 84.0 cm³/mol. The Morgan fingerprint density at radius 2 is 1.75 bits per heavy atom. The van der Waals surface area contributed by atoms with Gasteiger partial charge in [-0.15, -0.1) is 0 Å². The van der Waals surface area contributed by atoms with E-state index in [9.17, 15) is 4.79 Å². The van der Waals surface area contributed by atoms with Crippen LogP contribution in [0.2, 0.25) is 0 Å². The number of carbonyl (C=O) groups is 1. The Morgan fingerprint density at radius 1 is 1.10 bits per heavy atom. The first-order valence-corrected chi connectivity index (χ1v) is 7.92. The van der Waals surface area contributed by atoms with Gasteiger partial charge in [-0.05, 0) is 29.9 Å². The van der Waals surface area contributed by atoms with Crippen LogP contribution in [0.5, 0.6) is 0 Å². The Bertz CT molecular complexity index is 398. The second-order valence-electron chi connectivity index (χ2n) is 5.83. The zero-order chi connectivity index (χ0) is 14.8. The van der Waals surface area contributed by atoms with E-state index >= 15 is 0 Å². The maximum absolute atomic E-state index is 10.8. The number of benzene rings is 1. The third-order valence-corrected chi connectivity index (χ3v) is 3.90. The molecule has 0 bridgehead atoms. The number of carboxylic acids is 1. The molecule has 1 unspecified atom stereocenters. The van der Waals surface area contributed by atoms with Crippen molar-refractivity contribution in [1.82, 2.24) is 0 Å². The number of hydrogen-bond acceptors (Lipinski definition) is 1. The van der Waals surface area contributed by atoms with Gasteiger partial charge in [0, 0.05) is 0 Å². The summed E-state index contributed by atoms with van der Waals surface area (Å²) < 4.78 is 0. The van der Waals surface area contributed by atoms with Crippen LogP contribution in [-0.4, -0.2) is 11.1 Å². The Balaban J connectivity index is 2.36. The van der Waals surface area contributed by atoms with Crippen molar-refractivity contribution in [2.24, 2.45) is 5.92 Å². The molecule has 1 atom stereocenters. The molecule has 20 heavy (non-hydrogen) atoms. The van der Waals surface area contributed by atoms with E-state index in [1.807, 2.05) is 18.2 Å². The van der Waals surface area contributed by atoms with Gasteiger partial charge in [0.15, 0.2) is 0 Å². The first-order chi connectivity index (χ1) is 9.63. The summed E-state index contributed by atoms with van der Waals surface area (Å²) in [7, 11) is 0. The van der Waals surface area contributed by atoms with Crippen LogP contribution in [0.1, 0.15) is 63.5 Å². The SMILES string of the molecule is CCCCCC(C)CCCc1ccccc1CC(=O)O. The molecule has 0 amide bonds. The van der Waals surface area contributed by atoms with Crippen molar-refractivity contribution >= 4 is 5.97 Å². The molecule has 0 saturated heterocycles. The molecule has 112 valence electrons. The van der Waals surface area contributed by atoms with E-state index in [-0.39, 0.29) is 6.42 Å². The number of carboxylic acid groups (broad SMARTS) is 1. The highest BCUT2D eigenvalue weighted by Crippen LogP contribution is 2.18. The fraction of sp³-hybridized carbons (Fsp3) is 0.611. The molecule has 2 nitrogen and oxygen atoms in total. The number of unbranched alkanes of at least 4 members (excludes halogenated alkanes) is 2. The Morgan fingerprint density at radius 3 is 2.40 bits per heavy atom. The lowest BCUT2D eigenvalue weighted by Crippen LogP contribution is -2.04. The minimum absolute atomic E-state index is 0.141. The summed E-state index contributed by atoms with van der Waals surface area (Å²) >= 11 is 0. The molecule has 2 heteroatoms. The van der Waals surface area contributed by atoms with Gasteiger partial charge in [0.05, 0.1) is 6.42 Å². The summed E-state index contributed by atoms with van der Waals surface area (Å²) in [6.45, 7) is 4.57.